The van der Waals surface area contributed by atoms with Crippen molar-refractivity contribution in [1.82, 2.24) is 0 Å². The maximum absolute atomic E-state index is 11.0. The summed E-state index contributed by atoms with van der Waals surface area (Å²) in [6.45, 7) is 0. The Labute approximate surface area is 94.8 Å². The Morgan fingerprint density at radius 1 is 1.27 bits per heavy atom. The van der Waals surface area contributed by atoms with Gasteiger partial charge in [-0.3, -0.25) is 4.55 Å². The van der Waals surface area contributed by atoms with Crippen molar-refractivity contribution in [3.8, 4) is 0 Å². The highest BCUT2D eigenvalue weighted by atomic mass is 35.5. The molecule has 1 aromatic carbocycles. The van der Waals surface area contributed by atoms with Gasteiger partial charge < -0.3 is 0 Å². The monoisotopic (exact) mass is 248 g/mol. The van der Waals surface area contributed by atoms with Crippen molar-refractivity contribution >= 4 is 21.7 Å². The van der Waals surface area contributed by atoms with Crippen molar-refractivity contribution in [2.75, 3.05) is 5.88 Å². The molecule has 0 heterocycles. The van der Waals surface area contributed by atoms with Crippen LogP contribution in [0.2, 0.25) is 0 Å². The normalized spacial score (nSPS) is 13.7. The minimum absolute atomic E-state index is 0.220. The van der Waals surface area contributed by atoms with E-state index in [1.165, 1.54) is 0 Å². The Balaban J connectivity index is 2.76. The second kappa shape index (κ2) is 5.49. The molecule has 84 valence electrons. The van der Waals surface area contributed by atoms with Crippen LogP contribution in [0.4, 0.5) is 0 Å². The average Bonchev–Trinajstić information content (AvgIpc) is 2.17. The van der Waals surface area contributed by atoms with Gasteiger partial charge >= 0.3 is 0 Å². The lowest BCUT2D eigenvalue weighted by molar-refractivity contribution is 0.463. The van der Waals surface area contributed by atoms with Gasteiger partial charge in [-0.1, -0.05) is 30.3 Å². The molecule has 0 saturated heterocycles. The molecule has 15 heavy (non-hydrogen) atoms. The second-order valence-electron chi connectivity index (χ2n) is 3.30. The van der Waals surface area contributed by atoms with Crippen LogP contribution in [0.15, 0.2) is 30.3 Å². The van der Waals surface area contributed by atoms with Gasteiger partial charge in [0.1, 0.15) is 0 Å². The van der Waals surface area contributed by atoms with Crippen LogP contribution in [-0.4, -0.2) is 24.1 Å². The van der Waals surface area contributed by atoms with Crippen molar-refractivity contribution in [1.29, 1.82) is 0 Å². The van der Waals surface area contributed by atoms with Crippen LogP contribution >= 0.6 is 11.6 Å². The van der Waals surface area contributed by atoms with Crippen LogP contribution < -0.4 is 0 Å². The van der Waals surface area contributed by atoms with Gasteiger partial charge in [0, 0.05) is 5.88 Å². The van der Waals surface area contributed by atoms with Gasteiger partial charge in [-0.2, -0.15) is 8.42 Å². The van der Waals surface area contributed by atoms with Crippen molar-refractivity contribution in [2.45, 2.75) is 18.1 Å². The third kappa shape index (κ3) is 4.20. The molecular weight excluding hydrogens is 236 g/mol. The van der Waals surface area contributed by atoms with E-state index < -0.39 is 15.4 Å². The highest BCUT2D eigenvalue weighted by Gasteiger charge is 2.22. The molecule has 0 aliphatic carbocycles. The average molecular weight is 249 g/mol. The molecular formula is C10H13ClO3S. The van der Waals surface area contributed by atoms with Crippen LogP contribution in [0, 0.1) is 0 Å². The van der Waals surface area contributed by atoms with Gasteiger partial charge in [-0.05, 0) is 18.4 Å². The molecule has 1 rings (SSSR count). The minimum Gasteiger partial charge on any atom is -0.285 e. The first kappa shape index (κ1) is 12.5. The summed E-state index contributed by atoms with van der Waals surface area (Å²) in [6.07, 6.45) is 0.557. The Morgan fingerprint density at radius 2 is 1.87 bits per heavy atom. The smallest absolute Gasteiger partial charge is 0.268 e. The van der Waals surface area contributed by atoms with E-state index >= 15 is 0 Å². The van der Waals surface area contributed by atoms with Crippen molar-refractivity contribution < 1.29 is 13.0 Å². The molecule has 0 spiro atoms. The summed E-state index contributed by atoms with van der Waals surface area (Å²) in [5.74, 6) is 0.220. The molecule has 0 aliphatic heterocycles. The molecule has 0 aromatic heterocycles. The highest BCUT2D eigenvalue weighted by molar-refractivity contribution is 7.86. The lowest BCUT2D eigenvalue weighted by Crippen LogP contribution is -2.23. The Hall–Kier alpha value is -0.580. The van der Waals surface area contributed by atoms with Crippen LogP contribution in [0.25, 0.3) is 0 Å². The van der Waals surface area contributed by atoms with Crippen molar-refractivity contribution in [2.24, 2.45) is 0 Å². The molecule has 1 aromatic rings. The summed E-state index contributed by atoms with van der Waals surface area (Å²) < 4.78 is 31.0. The van der Waals surface area contributed by atoms with Gasteiger partial charge in [-0.15, -0.1) is 11.6 Å². The molecule has 3 nitrogen and oxygen atoms in total. The summed E-state index contributed by atoms with van der Waals surface area (Å²) in [4.78, 5) is 0. The molecule has 1 unspecified atom stereocenters. The van der Waals surface area contributed by atoms with Gasteiger partial charge in [0.05, 0.1) is 5.25 Å². The first-order chi connectivity index (χ1) is 7.04. The van der Waals surface area contributed by atoms with Gasteiger partial charge in [-0.25, -0.2) is 0 Å². The molecule has 1 N–H and O–H groups in total. The number of alkyl halides is 1. The number of benzene rings is 1. The molecule has 0 amide bonds. The Morgan fingerprint density at radius 3 is 2.33 bits per heavy atom. The van der Waals surface area contributed by atoms with Crippen LogP contribution in [0.3, 0.4) is 0 Å². The van der Waals surface area contributed by atoms with Crippen molar-refractivity contribution in [3.63, 3.8) is 0 Å². The zero-order valence-corrected chi connectivity index (χ0v) is 9.71. The van der Waals surface area contributed by atoms with Gasteiger partial charge in [0.25, 0.3) is 10.1 Å². The third-order valence-electron chi connectivity index (χ3n) is 2.16. The van der Waals surface area contributed by atoms with E-state index in [-0.39, 0.29) is 12.3 Å². The number of halogens is 1. The minimum atomic E-state index is -4.01. The topological polar surface area (TPSA) is 54.4 Å². The summed E-state index contributed by atoms with van der Waals surface area (Å²) in [5, 5.41) is -0.808. The highest BCUT2D eigenvalue weighted by Crippen LogP contribution is 2.13. The summed E-state index contributed by atoms with van der Waals surface area (Å²) in [5.41, 5.74) is 0.880. The largest absolute Gasteiger partial charge is 0.285 e. The second-order valence-corrected chi connectivity index (χ2v) is 5.38. The van der Waals surface area contributed by atoms with E-state index in [2.05, 4.69) is 0 Å². The number of hydrogen-bond donors (Lipinski definition) is 1. The standard InChI is InChI=1S/C10H13ClO3S/c11-7-6-10(15(12,13)14)8-9-4-2-1-3-5-9/h1-5,10H,6-8H2,(H,12,13,14). The fraction of sp³-hybridized carbons (Fsp3) is 0.400. The lowest BCUT2D eigenvalue weighted by Gasteiger charge is -2.11. The zero-order valence-electron chi connectivity index (χ0n) is 8.14. The first-order valence-electron chi connectivity index (χ1n) is 4.60. The predicted octanol–water partition coefficient (Wildman–Crippen LogP) is 2.11. The molecule has 0 aliphatic rings. The first-order valence-corrected chi connectivity index (χ1v) is 6.64. The molecule has 1 atom stereocenters. The van der Waals surface area contributed by atoms with Crippen LogP contribution in [0.1, 0.15) is 12.0 Å². The summed E-state index contributed by atoms with van der Waals surface area (Å²) in [7, 11) is -4.01. The third-order valence-corrected chi connectivity index (χ3v) is 3.62. The van der Waals surface area contributed by atoms with E-state index in [0.717, 1.165) is 5.56 Å². The van der Waals surface area contributed by atoms with E-state index in [1.807, 2.05) is 30.3 Å². The molecule has 0 saturated carbocycles. The SMILES string of the molecule is O=S(=O)(O)C(CCCl)Cc1ccccc1. The lowest BCUT2D eigenvalue weighted by atomic mass is 10.1. The zero-order chi connectivity index (χ0) is 11.3. The molecule has 0 bridgehead atoms. The number of hydrogen-bond acceptors (Lipinski definition) is 2. The maximum atomic E-state index is 11.0. The predicted molar refractivity (Wildman–Crippen MR) is 60.8 cm³/mol. The summed E-state index contributed by atoms with van der Waals surface area (Å²) in [6, 6.07) is 9.17. The fourth-order valence-electron chi connectivity index (χ4n) is 1.35. The molecule has 0 radical (unpaired) electrons. The molecule has 0 fully saturated rings. The number of rotatable bonds is 5. The molecule has 5 heteroatoms. The quantitative estimate of drug-likeness (QED) is 0.642. The van der Waals surface area contributed by atoms with Gasteiger partial charge in [0.2, 0.25) is 0 Å². The van der Waals surface area contributed by atoms with E-state index in [1.54, 1.807) is 0 Å². The van der Waals surface area contributed by atoms with Crippen LogP contribution in [0.5, 0.6) is 0 Å². The van der Waals surface area contributed by atoms with Crippen LogP contribution in [-0.2, 0) is 16.5 Å². The van der Waals surface area contributed by atoms with Crippen molar-refractivity contribution in [3.05, 3.63) is 35.9 Å². The van der Waals surface area contributed by atoms with Gasteiger partial charge in [0.15, 0.2) is 0 Å². The van der Waals surface area contributed by atoms with E-state index in [0.29, 0.717) is 6.42 Å². The van der Waals surface area contributed by atoms with E-state index in [4.69, 9.17) is 16.2 Å². The Kier molecular flexibility index (Phi) is 4.57. The van der Waals surface area contributed by atoms with E-state index in [9.17, 15) is 8.42 Å². The Bertz CT molecular complexity index is 388. The maximum Gasteiger partial charge on any atom is 0.268 e. The summed E-state index contributed by atoms with van der Waals surface area (Å²) >= 11 is 5.49. The fourth-order valence-corrected chi connectivity index (χ4v) is 2.57.